The monoisotopic (exact) mass is 270 g/mol. The number of hydrogen-bond donors (Lipinski definition) is 0. The van der Waals surface area contributed by atoms with Crippen molar-refractivity contribution in [2.45, 2.75) is 0 Å². The Morgan fingerprint density at radius 1 is 1.05 bits per heavy atom. The van der Waals surface area contributed by atoms with E-state index in [2.05, 4.69) is 10.1 Å². The normalized spacial score (nSPS) is 15.3. The van der Waals surface area contributed by atoms with Crippen LogP contribution in [-0.2, 0) is 4.84 Å². The third kappa shape index (κ3) is 2.13. The van der Waals surface area contributed by atoms with Crippen molar-refractivity contribution in [1.82, 2.24) is 0 Å². The first kappa shape index (κ1) is 11.9. The summed E-state index contributed by atoms with van der Waals surface area (Å²) in [7, 11) is 1.54. The molecule has 94 valence electrons. The van der Waals surface area contributed by atoms with E-state index in [9.17, 15) is 0 Å². The molecule has 19 heavy (non-hydrogen) atoms. The molecule has 0 unspecified atom stereocenters. The maximum atomic E-state index is 5.91. The Hall–Kier alpha value is -2.13. The van der Waals surface area contributed by atoms with Gasteiger partial charge in [0.2, 0.25) is 0 Å². The van der Waals surface area contributed by atoms with Gasteiger partial charge < -0.3 is 4.84 Å². The van der Waals surface area contributed by atoms with Crippen molar-refractivity contribution < 1.29 is 4.84 Å². The predicted octanol–water partition coefficient (Wildman–Crippen LogP) is 3.82. The summed E-state index contributed by atoms with van der Waals surface area (Å²) < 4.78 is 0. The molecular weight excluding hydrogens is 260 g/mol. The fraction of sp³-hybridized carbons (Fsp3) is 0.0667. The van der Waals surface area contributed by atoms with Crippen LogP contribution < -0.4 is 0 Å². The van der Waals surface area contributed by atoms with Crippen LogP contribution in [-0.4, -0.2) is 18.5 Å². The average Bonchev–Trinajstić information content (AvgIpc) is 2.79. The maximum Gasteiger partial charge on any atom is 0.138 e. The van der Waals surface area contributed by atoms with E-state index in [1.54, 1.807) is 0 Å². The first-order chi connectivity index (χ1) is 9.29. The molecule has 0 saturated heterocycles. The zero-order valence-corrected chi connectivity index (χ0v) is 11.1. The molecule has 0 fully saturated rings. The van der Waals surface area contributed by atoms with Crippen LogP contribution in [0.5, 0.6) is 0 Å². The molecule has 1 heterocycles. The van der Waals surface area contributed by atoms with Crippen LogP contribution in [0.2, 0.25) is 5.02 Å². The van der Waals surface area contributed by atoms with Crippen molar-refractivity contribution in [3.63, 3.8) is 0 Å². The minimum Gasteiger partial charge on any atom is -0.399 e. The van der Waals surface area contributed by atoms with Gasteiger partial charge >= 0.3 is 0 Å². The van der Waals surface area contributed by atoms with Gasteiger partial charge in [0.15, 0.2) is 0 Å². The summed E-state index contributed by atoms with van der Waals surface area (Å²) in [6.07, 6.45) is 0. The minimum atomic E-state index is 0.699. The van der Waals surface area contributed by atoms with Gasteiger partial charge in [0.05, 0.1) is 5.69 Å². The highest BCUT2D eigenvalue weighted by Gasteiger charge is 2.24. The number of halogens is 1. The molecule has 0 atom stereocenters. The Labute approximate surface area is 116 Å². The van der Waals surface area contributed by atoms with Crippen LogP contribution in [0.4, 0.5) is 5.69 Å². The molecule has 4 heteroatoms. The van der Waals surface area contributed by atoms with Crippen molar-refractivity contribution >= 4 is 28.7 Å². The molecule has 0 radical (unpaired) electrons. The van der Waals surface area contributed by atoms with E-state index in [0.29, 0.717) is 5.02 Å². The number of benzene rings is 2. The molecule has 2 aromatic rings. The lowest BCUT2D eigenvalue weighted by Gasteiger charge is -2.03. The van der Waals surface area contributed by atoms with Crippen molar-refractivity contribution in [3.05, 3.63) is 64.7 Å². The zero-order chi connectivity index (χ0) is 13.2. The first-order valence-corrected chi connectivity index (χ1v) is 6.23. The molecule has 0 aromatic heterocycles. The highest BCUT2D eigenvalue weighted by molar-refractivity contribution is 6.56. The molecule has 0 saturated carbocycles. The second-order valence-corrected chi connectivity index (χ2v) is 4.54. The fourth-order valence-corrected chi connectivity index (χ4v) is 2.19. The third-order valence-corrected chi connectivity index (χ3v) is 3.17. The number of aliphatic imine (C=N–C) groups is 1. The molecule has 0 bridgehead atoms. The van der Waals surface area contributed by atoms with Gasteiger partial charge in [-0.15, -0.1) is 0 Å². The molecule has 0 aliphatic carbocycles. The van der Waals surface area contributed by atoms with Crippen LogP contribution in [0, 0.1) is 0 Å². The lowest BCUT2D eigenvalue weighted by molar-refractivity contribution is 0.214. The van der Waals surface area contributed by atoms with Gasteiger partial charge in [-0.2, -0.15) is 0 Å². The standard InChI is InChI=1S/C15H11ClN2O/c1-19-18-15-12-4-2-3-5-13(12)17-14(15)10-6-8-11(16)9-7-10/h2-9H,1H3/b18-15+. The van der Waals surface area contributed by atoms with Gasteiger partial charge in [0.25, 0.3) is 0 Å². The molecule has 3 rings (SSSR count). The smallest absolute Gasteiger partial charge is 0.138 e. The van der Waals surface area contributed by atoms with E-state index < -0.39 is 0 Å². The SMILES string of the molecule is CO/N=C1/C(c2ccc(Cl)cc2)=Nc2ccccc21. The second-order valence-electron chi connectivity index (χ2n) is 4.11. The van der Waals surface area contributed by atoms with Crippen LogP contribution in [0.25, 0.3) is 0 Å². The largest absolute Gasteiger partial charge is 0.399 e. The van der Waals surface area contributed by atoms with Crippen LogP contribution in [0.15, 0.2) is 58.7 Å². The van der Waals surface area contributed by atoms with E-state index in [4.69, 9.17) is 16.4 Å². The van der Waals surface area contributed by atoms with Gasteiger partial charge in [-0.1, -0.05) is 47.1 Å². The first-order valence-electron chi connectivity index (χ1n) is 5.85. The number of nitrogens with zero attached hydrogens (tertiary/aromatic N) is 2. The molecule has 1 aliphatic heterocycles. The Kier molecular flexibility index (Phi) is 3.05. The van der Waals surface area contributed by atoms with E-state index in [-0.39, 0.29) is 0 Å². The van der Waals surface area contributed by atoms with Gasteiger partial charge in [-0.3, -0.25) is 0 Å². The second kappa shape index (κ2) is 4.86. The summed E-state index contributed by atoms with van der Waals surface area (Å²) in [6, 6.07) is 15.4. The summed E-state index contributed by atoms with van der Waals surface area (Å²) in [5.41, 5.74) is 4.41. The third-order valence-electron chi connectivity index (χ3n) is 2.92. The molecule has 2 aromatic carbocycles. The van der Waals surface area contributed by atoms with Crippen molar-refractivity contribution in [1.29, 1.82) is 0 Å². The van der Waals surface area contributed by atoms with Crippen molar-refractivity contribution in [2.75, 3.05) is 7.11 Å². The quantitative estimate of drug-likeness (QED) is 0.764. The Morgan fingerprint density at radius 2 is 1.79 bits per heavy atom. The highest BCUT2D eigenvalue weighted by Crippen LogP contribution is 2.29. The van der Waals surface area contributed by atoms with Gasteiger partial charge in [0.1, 0.15) is 18.5 Å². The summed E-state index contributed by atoms with van der Waals surface area (Å²) in [6.45, 7) is 0. The van der Waals surface area contributed by atoms with Gasteiger partial charge in [0, 0.05) is 16.1 Å². The van der Waals surface area contributed by atoms with E-state index in [1.807, 2.05) is 48.5 Å². The molecule has 1 aliphatic rings. The number of fused-ring (bicyclic) bond motifs is 1. The topological polar surface area (TPSA) is 34.0 Å². The van der Waals surface area contributed by atoms with Crippen LogP contribution in [0.1, 0.15) is 11.1 Å². The number of hydrogen-bond acceptors (Lipinski definition) is 3. The Balaban J connectivity index is 2.12. The zero-order valence-electron chi connectivity index (χ0n) is 10.3. The summed E-state index contributed by atoms with van der Waals surface area (Å²) >= 11 is 5.91. The van der Waals surface area contributed by atoms with E-state index >= 15 is 0 Å². The molecule has 0 amide bonds. The van der Waals surface area contributed by atoms with Crippen LogP contribution in [0.3, 0.4) is 0 Å². The lowest BCUT2D eigenvalue weighted by atomic mass is 10.0. The fourth-order valence-electron chi connectivity index (χ4n) is 2.07. The lowest BCUT2D eigenvalue weighted by Crippen LogP contribution is -2.12. The summed E-state index contributed by atoms with van der Waals surface area (Å²) in [4.78, 5) is 9.55. The maximum absolute atomic E-state index is 5.91. The van der Waals surface area contributed by atoms with Crippen molar-refractivity contribution in [3.8, 4) is 0 Å². The highest BCUT2D eigenvalue weighted by atomic mass is 35.5. The number of para-hydroxylation sites is 1. The molecule has 0 N–H and O–H groups in total. The molecular formula is C15H11ClN2O. The Morgan fingerprint density at radius 3 is 2.53 bits per heavy atom. The average molecular weight is 271 g/mol. The molecule has 3 nitrogen and oxygen atoms in total. The summed E-state index contributed by atoms with van der Waals surface area (Å²) in [5, 5.41) is 4.80. The molecule has 0 spiro atoms. The minimum absolute atomic E-state index is 0.699. The predicted molar refractivity (Wildman–Crippen MR) is 77.6 cm³/mol. The van der Waals surface area contributed by atoms with Gasteiger partial charge in [-0.05, 0) is 18.2 Å². The van der Waals surface area contributed by atoms with Crippen molar-refractivity contribution in [2.24, 2.45) is 10.1 Å². The van der Waals surface area contributed by atoms with Crippen LogP contribution >= 0.6 is 11.6 Å². The van der Waals surface area contributed by atoms with E-state index in [1.165, 1.54) is 7.11 Å². The number of oxime groups is 1. The van der Waals surface area contributed by atoms with E-state index in [0.717, 1.165) is 28.2 Å². The van der Waals surface area contributed by atoms with Gasteiger partial charge in [-0.25, -0.2) is 4.99 Å². The Bertz CT molecular complexity index is 675. The number of rotatable bonds is 2. The summed E-state index contributed by atoms with van der Waals surface area (Å²) in [5.74, 6) is 0.